The molecule has 5 nitrogen and oxygen atoms in total. The van der Waals surface area contributed by atoms with Gasteiger partial charge in [0.05, 0.1) is 11.2 Å². The number of hydrogen-bond acceptors (Lipinski definition) is 4. The summed E-state index contributed by atoms with van der Waals surface area (Å²) in [5.74, 6) is 0. The number of fused-ring (bicyclic) bond motifs is 1. The second kappa shape index (κ2) is 6.53. The van der Waals surface area contributed by atoms with Gasteiger partial charge in [-0.15, -0.1) is 0 Å². The van der Waals surface area contributed by atoms with Crippen LogP contribution in [-0.4, -0.2) is 22.9 Å². The summed E-state index contributed by atoms with van der Waals surface area (Å²) < 4.78 is 7.92. The lowest BCUT2D eigenvalue weighted by Gasteiger charge is -2.23. The van der Waals surface area contributed by atoms with Crippen LogP contribution in [0.2, 0.25) is 0 Å². The summed E-state index contributed by atoms with van der Waals surface area (Å²) >= 11 is 0. The van der Waals surface area contributed by atoms with Gasteiger partial charge < -0.3 is 15.8 Å². The molecule has 24 heavy (non-hydrogen) atoms. The number of dihydropyridines is 1. The number of nitrogens with two attached hydrogens (primary N) is 1. The van der Waals surface area contributed by atoms with Crippen LogP contribution in [0.4, 0.5) is 5.69 Å². The van der Waals surface area contributed by atoms with E-state index in [1.165, 1.54) is 6.42 Å². The van der Waals surface area contributed by atoms with E-state index in [1.807, 2.05) is 22.9 Å². The fourth-order valence-corrected chi connectivity index (χ4v) is 3.20. The maximum absolute atomic E-state index is 6.00. The Bertz CT molecular complexity index is 825. The topological polar surface area (TPSA) is 65.1 Å². The van der Waals surface area contributed by atoms with Gasteiger partial charge in [0.15, 0.2) is 6.23 Å². The van der Waals surface area contributed by atoms with Gasteiger partial charge in [0.2, 0.25) is 0 Å². The third-order valence-electron chi connectivity index (χ3n) is 4.45. The van der Waals surface area contributed by atoms with Gasteiger partial charge in [0.1, 0.15) is 0 Å². The normalized spacial score (nSPS) is 21.2. The van der Waals surface area contributed by atoms with E-state index in [2.05, 4.69) is 35.7 Å². The SMILES string of the molecule is Nc1ccc2c(/C=C/C3=CC=CCN3)nn(C3CCCCO3)c2c1. The van der Waals surface area contributed by atoms with Crippen molar-refractivity contribution in [2.75, 3.05) is 18.9 Å². The first kappa shape index (κ1) is 15.0. The number of nitrogens with zero attached hydrogens (tertiary/aromatic N) is 2. The quantitative estimate of drug-likeness (QED) is 0.850. The zero-order chi connectivity index (χ0) is 16.4. The van der Waals surface area contributed by atoms with E-state index in [0.717, 1.165) is 54.0 Å². The number of hydrogen-bond donors (Lipinski definition) is 2. The number of benzene rings is 1. The fraction of sp³-hybridized carbons (Fsp3) is 0.316. The minimum absolute atomic E-state index is 0.000143. The molecule has 1 aromatic heterocycles. The van der Waals surface area contributed by atoms with Gasteiger partial charge >= 0.3 is 0 Å². The van der Waals surface area contributed by atoms with Gasteiger partial charge in [0, 0.05) is 29.9 Å². The highest BCUT2D eigenvalue weighted by Crippen LogP contribution is 2.29. The smallest absolute Gasteiger partial charge is 0.150 e. The molecule has 1 fully saturated rings. The Balaban J connectivity index is 1.73. The molecule has 1 saturated heterocycles. The van der Waals surface area contributed by atoms with E-state index >= 15 is 0 Å². The summed E-state index contributed by atoms with van der Waals surface area (Å²) in [5, 5.41) is 9.24. The summed E-state index contributed by atoms with van der Waals surface area (Å²) in [6, 6.07) is 5.95. The van der Waals surface area contributed by atoms with Gasteiger partial charge in [0.25, 0.3) is 0 Å². The predicted molar refractivity (Wildman–Crippen MR) is 97.2 cm³/mol. The van der Waals surface area contributed by atoms with Crippen LogP contribution in [0.3, 0.4) is 0 Å². The molecule has 0 amide bonds. The summed E-state index contributed by atoms with van der Waals surface area (Å²) in [7, 11) is 0. The number of nitrogens with one attached hydrogen (secondary N) is 1. The molecule has 0 bridgehead atoms. The third kappa shape index (κ3) is 2.95. The Morgan fingerprint density at radius 3 is 3.04 bits per heavy atom. The molecule has 3 heterocycles. The molecule has 2 aromatic rings. The predicted octanol–water partition coefficient (Wildman–Crippen LogP) is 3.37. The average Bonchev–Trinajstić information content (AvgIpc) is 2.99. The number of aromatic nitrogens is 2. The van der Waals surface area contributed by atoms with Gasteiger partial charge in [-0.05, 0) is 55.7 Å². The second-order valence-corrected chi connectivity index (χ2v) is 6.19. The van der Waals surface area contributed by atoms with Crippen molar-refractivity contribution < 1.29 is 4.74 Å². The van der Waals surface area contributed by atoms with Crippen molar-refractivity contribution in [1.29, 1.82) is 0 Å². The van der Waals surface area contributed by atoms with Crippen LogP contribution in [0.25, 0.3) is 17.0 Å². The zero-order valence-electron chi connectivity index (χ0n) is 13.6. The molecule has 2 aliphatic rings. The van der Waals surface area contributed by atoms with Crippen molar-refractivity contribution in [1.82, 2.24) is 15.1 Å². The molecule has 1 atom stereocenters. The maximum Gasteiger partial charge on any atom is 0.150 e. The van der Waals surface area contributed by atoms with Gasteiger partial charge in [-0.25, -0.2) is 4.68 Å². The first-order chi connectivity index (χ1) is 11.8. The number of ether oxygens (including phenoxy) is 1. The summed E-state index contributed by atoms with van der Waals surface area (Å²) in [6.07, 6.45) is 13.6. The molecule has 1 aromatic carbocycles. The maximum atomic E-state index is 6.00. The highest BCUT2D eigenvalue weighted by molar-refractivity contribution is 5.89. The number of allylic oxidation sites excluding steroid dienone is 3. The first-order valence-electron chi connectivity index (χ1n) is 8.49. The molecule has 5 heteroatoms. The van der Waals surface area contributed by atoms with Crippen molar-refractivity contribution >= 4 is 22.7 Å². The van der Waals surface area contributed by atoms with E-state index in [-0.39, 0.29) is 6.23 Å². The van der Waals surface area contributed by atoms with E-state index in [9.17, 15) is 0 Å². The molecule has 0 aliphatic carbocycles. The van der Waals surface area contributed by atoms with Crippen LogP contribution in [0.5, 0.6) is 0 Å². The van der Waals surface area contributed by atoms with Crippen molar-refractivity contribution in [2.24, 2.45) is 0 Å². The minimum atomic E-state index is 0.000143. The molecule has 1 unspecified atom stereocenters. The number of anilines is 1. The number of rotatable bonds is 3. The summed E-state index contributed by atoms with van der Waals surface area (Å²) in [6.45, 7) is 1.65. The van der Waals surface area contributed by atoms with E-state index in [1.54, 1.807) is 0 Å². The molecule has 3 N–H and O–H groups in total. The first-order valence-corrected chi connectivity index (χ1v) is 8.49. The van der Waals surface area contributed by atoms with Gasteiger partial charge in [-0.1, -0.05) is 12.2 Å². The summed E-state index contributed by atoms with van der Waals surface area (Å²) in [5.41, 5.74) is 9.81. The van der Waals surface area contributed by atoms with E-state index in [4.69, 9.17) is 15.6 Å². The Labute approximate surface area is 141 Å². The van der Waals surface area contributed by atoms with Crippen molar-refractivity contribution in [3.8, 4) is 0 Å². The molecule has 0 spiro atoms. The second-order valence-electron chi connectivity index (χ2n) is 6.19. The number of nitrogen functional groups attached to an aromatic ring is 1. The Hall–Kier alpha value is -2.53. The summed E-state index contributed by atoms with van der Waals surface area (Å²) in [4.78, 5) is 0. The van der Waals surface area contributed by atoms with Gasteiger partial charge in [-0.3, -0.25) is 0 Å². The Morgan fingerprint density at radius 1 is 1.29 bits per heavy atom. The molecule has 2 aliphatic heterocycles. The average molecular weight is 322 g/mol. The van der Waals surface area contributed by atoms with Crippen LogP contribution in [-0.2, 0) is 4.74 Å². The lowest BCUT2D eigenvalue weighted by molar-refractivity contribution is -0.0367. The van der Waals surface area contributed by atoms with Crippen LogP contribution in [0, 0.1) is 0 Å². The molecular weight excluding hydrogens is 300 g/mol. The van der Waals surface area contributed by atoms with Gasteiger partial charge in [-0.2, -0.15) is 5.10 Å². The van der Waals surface area contributed by atoms with Crippen LogP contribution in [0.15, 0.2) is 48.2 Å². The molecule has 124 valence electrons. The molecule has 4 rings (SSSR count). The molecular formula is C19H22N4O. The largest absolute Gasteiger partial charge is 0.399 e. The minimum Gasteiger partial charge on any atom is -0.399 e. The third-order valence-corrected chi connectivity index (χ3v) is 4.45. The monoisotopic (exact) mass is 322 g/mol. The van der Waals surface area contributed by atoms with Crippen LogP contribution in [0.1, 0.15) is 31.2 Å². The highest BCUT2D eigenvalue weighted by Gasteiger charge is 2.20. The van der Waals surface area contributed by atoms with Crippen molar-refractivity contribution in [3.63, 3.8) is 0 Å². The molecule has 0 radical (unpaired) electrons. The fourth-order valence-electron chi connectivity index (χ4n) is 3.20. The van der Waals surface area contributed by atoms with Crippen molar-refractivity contribution in [3.05, 3.63) is 53.9 Å². The Kier molecular flexibility index (Phi) is 4.09. The van der Waals surface area contributed by atoms with E-state index < -0.39 is 0 Å². The van der Waals surface area contributed by atoms with E-state index in [0.29, 0.717) is 0 Å². The van der Waals surface area contributed by atoms with Crippen molar-refractivity contribution in [2.45, 2.75) is 25.5 Å². The van der Waals surface area contributed by atoms with Crippen LogP contribution >= 0.6 is 0 Å². The molecule has 0 saturated carbocycles. The zero-order valence-corrected chi connectivity index (χ0v) is 13.6. The standard InChI is InChI=1S/C19H22N4O/c20-14-7-9-16-17(10-8-15-5-1-3-11-21-15)22-23(18(16)13-14)19-6-2-4-12-24-19/h1,3,5,7-10,13,19,21H,2,4,6,11-12,20H2/b10-8+. The lowest BCUT2D eigenvalue weighted by Crippen LogP contribution is -2.19. The van der Waals surface area contributed by atoms with Crippen LogP contribution < -0.4 is 11.1 Å². The Morgan fingerprint density at radius 2 is 2.25 bits per heavy atom. The highest BCUT2D eigenvalue weighted by atomic mass is 16.5. The lowest BCUT2D eigenvalue weighted by atomic mass is 10.1.